The lowest BCUT2D eigenvalue weighted by Gasteiger charge is -2.14. The van der Waals surface area contributed by atoms with Crippen LogP contribution in [0.2, 0.25) is 0 Å². The van der Waals surface area contributed by atoms with Crippen molar-refractivity contribution in [1.82, 2.24) is 0 Å². The van der Waals surface area contributed by atoms with Crippen molar-refractivity contribution in [3.63, 3.8) is 0 Å². The summed E-state index contributed by atoms with van der Waals surface area (Å²) in [5.41, 5.74) is 8.07. The van der Waals surface area contributed by atoms with E-state index in [4.69, 9.17) is 11.1 Å². The van der Waals surface area contributed by atoms with Gasteiger partial charge in [0, 0.05) is 4.90 Å². The molecule has 0 spiro atoms. The minimum atomic E-state index is 0.103. The van der Waals surface area contributed by atoms with Crippen LogP contribution in [0.3, 0.4) is 0 Å². The third kappa shape index (κ3) is 3.27. The van der Waals surface area contributed by atoms with Crippen LogP contribution in [-0.2, 0) is 0 Å². The molecule has 0 aliphatic heterocycles. The van der Waals surface area contributed by atoms with E-state index in [1.807, 2.05) is 0 Å². The number of thioether (sulfide) groups is 1. The summed E-state index contributed by atoms with van der Waals surface area (Å²) in [7, 11) is 0. The summed E-state index contributed by atoms with van der Waals surface area (Å²) < 4.78 is 0. The van der Waals surface area contributed by atoms with E-state index in [2.05, 4.69) is 39.0 Å². The van der Waals surface area contributed by atoms with Gasteiger partial charge >= 0.3 is 0 Å². The molecule has 0 fully saturated rings. The number of hydrogen-bond donors (Lipinski definition) is 2. The summed E-state index contributed by atoms with van der Waals surface area (Å²) >= 11 is 1.68. The van der Waals surface area contributed by atoms with E-state index in [-0.39, 0.29) is 11.1 Å². The zero-order valence-corrected chi connectivity index (χ0v) is 10.3. The third-order valence-corrected chi connectivity index (χ3v) is 3.90. The van der Waals surface area contributed by atoms with Crippen molar-refractivity contribution in [2.45, 2.75) is 37.3 Å². The quantitative estimate of drug-likeness (QED) is 0.467. The smallest absolute Gasteiger partial charge is 0.104 e. The summed E-state index contributed by atoms with van der Waals surface area (Å²) in [6.45, 7) is 6.24. The van der Waals surface area contributed by atoms with Gasteiger partial charge in [-0.2, -0.15) is 0 Å². The van der Waals surface area contributed by atoms with Gasteiger partial charge in [0.05, 0.1) is 5.25 Å². The minimum Gasteiger partial charge on any atom is -0.387 e. The van der Waals surface area contributed by atoms with Crippen molar-refractivity contribution in [1.29, 1.82) is 5.41 Å². The summed E-state index contributed by atoms with van der Waals surface area (Å²) in [6.07, 6.45) is 0.896. The third-order valence-electron chi connectivity index (χ3n) is 2.32. The van der Waals surface area contributed by atoms with Crippen LogP contribution in [0, 0.1) is 19.3 Å². The molecule has 0 saturated heterocycles. The van der Waals surface area contributed by atoms with Gasteiger partial charge in [0.15, 0.2) is 0 Å². The lowest BCUT2D eigenvalue weighted by Crippen LogP contribution is -2.24. The van der Waals surface area contributed by atoms with Crippen LogP contribution in [0.25, 0.3) is 0 Å². The van der Waals surface area contributed by atoms with Crippen LogP contribution in [0.5, 0.6) is 0 Å². The van der Waals surface area contributed by atoms with Crippen LogP contribution >= 0.6 is 11.8 Å². The lowest BCUT2D eigenvalue weighted by molar-refractivity contribution is 0.990. The zero-order valence-electron chi connectivity index (χ0n) is 9.50. The number of rotatable bonds is 4. The summed E-state index contributed by atoms with van der Waals surface area (Å²) in [6, 6.07) is 6.37. The Morgan fingerprint density at radius 1 is 1.47 bits per heavy atom. The van der Waals surface area contributed by atoms with Gasteiger partial charge in [-0.05, 0) is 31.9 Å². The molecule has 1 aromatic carbocycles. The molecule has 1 rings (SSSR count). The Balaban J connectivity index is 2.84. The van der Waals surface area contributed by atoms with Crippen molar-refractivity contribution in [2.24, 2.45) is 5.73 Å². The molecule has 0 aliphatic rings. The predicted octanol–water partition coefficient (Wildman–Crippen LogP) is 3.11. The van der Waals surface area contributed by atoms with Crippen LogP contribution in [-0.4, -0.2) is 11.1 Å². The van der Waals surface area contributed by atoms with E-state index in [1.165, 1.54) is 16.0 Å². The number of aryl methyl sites for hydroxylation is 2. The van der Waals surface area contributed by atoms with Crippen molar-refractivity contribution < 1.29 is 0 Å². The molecular weight excluding hydrogens is 204 g/mol. The largest absolute Gasteiger partial charge is 0.387 e. The van der Waals surface area contributed by atoms with Crippen molar-refractivity contribution >= 4 is 17.6 Å². The van der Waals surface area contributed by atoms with Gasteiger partial charge in [-0.25, -0.2) is 0 Å². The molecule has 0 heterocycles. The molecule has 3 N–H and O–H groups in total. The van der Waals surface area contributed by atoms with Crippen LogP contribution in [0.4, 0.5) is 0 Å². The van der Waals surface area contributed by atoms with Gasteiger partial charge in [0.1, 0.15) is 5.84 Å². The van der Waals surface area contributed by atoms with E-state index in [9.17, 15) is 0 Å². The molecular formula is C12H18N2S. The fourth-order valence-corrected chi connectivity index (χ4v) is 2.44. The van der Waals surface area contributed by atoms with Crippen LogP contribution < -0.4 is 5.73 Å². The monoisotopic (exact) mass is 222 g/mol. The van der Waals surface area contributed by atoms with E-state index in [0.717, 1.165) is 6.42 Å². The number of nitrogens with two attached hydrogens (primary N) is 1. The van der Waals surface area contributed by atoms with Gasteiger partial charge in [-0.3, -0.25) is 5.41 Å². The highest BCUT2D eigenvalue weighted by molar-refractivity contribution is 8.00. The topological polar surface area (TPSA) is 49.9 Å². The number of nitrogens with one attached hydrogen (secondary N) is 1. The highest BCUT2D eigenvalue weighted by atomic mass is 32.2. The standard InChI is InChI=1S/C12H18N2S/c1-4-10(12(13)14)15-11-6-5-8(2)7-9(11)3/h5-7,10H,4H2,1-3H3,(H3,13,14). The maximum absolute atomic E-state index is 7.47. The lowest BCUT2D eigenvalue weighted by atomic mass is 10.2. The van der Waals surface area contributed by atoms with E-state index in [1.54, 1.807) is 11.8 Å². The van der Waals surface area contributed by atoms with Crippen LogP contribution in [0.1, 0.15) is 24.5 Å². The Kier molecular flexibility index (Phi) is 4.21. The average Bonchev–Trinajstić information content (AvgIpc) is 2.16. The molecule has 0 radical (unpaired) electrons. The Bertz CT molecular complexity index is 361. The summed E-state index contributed by atoms with van der Waals surface area (Å²) in [5.74, 6) is 0.266. The van der Waals surface area contributed by atoms with E-state index >= 15 is 0 Å². The first kappa shape index (κ1) is 12.1. The Labute approximate surface area is 95.8 Å². The first-order chi connectivity index (χ1) is 7.04. The molecule has 0 aromatic heterocycles. The second kappa shape index (κ2) is 5.21. The summed E-state index contributed by atoms with van der Waals surface area (Å²) in [5, 5.41) is 7.57. The predicted molar refractivity (Wildman–Crippen MR) is 67.8 cm³/mol. The fourth-order valence-electron chi connectivity index (χ4n) is 1.45. The van der Waals surface area contributed by atoms with Crippen molar-refractivity contribution in [3.05, 3.63) is 29.3 Å². The zero-order chi connectivity index (χ0) is 11.4. The molecule has 0 aliphatic carbocycles. The first-order valence-corrected chi connectivity index (χ1v) is 6.00. The molecule has 1 unspecified atom stereocenters. The van der Waals surface area contributed by atoms with Gasteiger partial charge in [-0.15, -0.1) is 11.8 Å². The second-order valence-electron chi connectivity index (χ2n) is 3.74. The molecule has 2 nitrogen and oxygen atoms in total. The number of benzene rings is 1. The van der Waals surface area contributed by atoms with Crippen LogP contribution in [0.15, 0.2) is 23.1 Å². The van der Waals surface area contributed by atoms with Gasteiger partial charge in [0.2, 0.25) is 0 Å². The normalized spacial score (nSPS) is 12.5. The molecule has 1 aromatic rings. The van der Waals surface area contributed by atoms with E-state index < -0.39 is 0 Å². The second-order valence-corrected chi connectivity index (χ2v) is 4.98. The number of hydrogen-bond acceptors (Lipinski definition) is 2. The average molecular weight is 222 g/mol. The molecule has 82 valence electrons. The SMILES string of the molecule is CCC(Sc1ccc(C)cc1C)C(=N)N. The molecule has 3 heteroatoms. The summed E-state index contributed by atoms with van der Waals surface area (Å²) in [4.78, 5) is 1.22. The fraction of sp³-hybridized carbons (Fsp3) is 0.417. The van der Waals surface area contributed by atoms with Gasteiger partial charge < -0.3 is 5.73 Å². The van der Waals surface area contributed by atoms with Gasteiger partial charge in [-0.1, -0.05) is 24.6 Å². The number of amidine groups is 1. The molecule has 0 bridgehead atoms. The van der Waals surface area contributed by atoms with Gasteiger partial charge in [0.25, 0.3) is 0 Å². The Morgan fingerprint density at radius 3 is 2.60 bits per heavy atom. The maximum atomic E-state index is 7.47. The van der Waals surface area contributed by atoms with E-state index in [0.29, 0.717) is 0 Å². The van der Waals surface area contributed by atoms with Crippen molar-refractivity contribution in [3.8, 4) is 0 Å². The maximum Gasteiger partial charge on any atom is 0.104 e. The first-order valence-electron chi connectivity index (χ1n) is 5.12. The Morgan fingerprint density at radius 2 is 2.13 bits per heavy atom. The molecule has 1 atom stereocenters. The highest BCUT2D eigenvalue weighted by Crippen LogP contribution is 2.28. The Hall–Kier alpha value is -0.960. The molecule has 15 heavy (non-hydrogen) atoms. The molecule has 0 saturated carbocycles. The molecule has 0 amide bonds. The van der Waals surface area contributed by atoms with Crippen molar-refractivity contribution in [2.75, 3.05) is 0 Å². The minimum absolute atomic E-state index is 0.103. The highest BCUT2D eigenvalue weighted by Gasteiger charge is 2.12.